The zero-order chi connectivity index (χ0) is 9.47. The van der Waals surface area contributed by atoms with Crippen molar-refractivity contribution in [3.8, 4) is 0 Å². The fraction of sp³-hybridized carbons (Fsp3) is 1.00. The van der Waals surface area contributed by atoms with Gasteiger partial charge in [-0.3, -0.25) is 0 Å². The van der Waals surface area contributed by atoms with E-state index < -0.39 is 5.60 Å². The minimum atomic E-state index is -0.616. The van der Waals surface area contributed by atoms with Crippen LogP contribution in [0.4, 0.5) is 0 Å². The first-order chi connectivity index (χ1) is 6.13. The van der Waals surface area contributed by atoms with E-state index in [1.54, 1.807) is 0 Å². The first-order valence-electron chi connectivity index (χ1n) is 5.21. The molecule has 76 valence electrons. The van der Waals surface area contributed by atoms with Gasteiger partial charge in [0, 0.05) is 5.92 Å². The molecule has 2 saturated heterocycles. The Morgan fingerprint density at radius 1 is 1.54 bits per heavy atom. The summed E-state index contributed by atoms with van der Waals surface area (Å²) in [6, 6.07) is 0. The van der Waals surface area contributed by atoms with Crippen LogP contribution in [-0.2, 0) is 4.74 Å². The van der Waals surface area contributed by atoms with Crippen LogP contribution in [0.25, 0.3) is 0 Å². The highest BCUT2D eigenvalue weighted by atomic mass is 16.5. The zero-order valence-corrected chi connectivity index (χ0v) is 8.20. The molecule has 0 amide bonds. The molecule has 4 unspecified atom stereocenters. The molecule has 3 N–H and O–H groups in total. The molecule has 0 saturated carbocycles. The van der Waals surface area contributed by atoms with Crippen molar-refractivity contribution in [2.24, 2.45) is 11.7 Å². The maximum absolute atomic E-state index is 10.2. The number of hydrogen-bond acceptors (Lipinski definition) is 3. The standard InChI is InChI=1S/C10H19NO2/c1-10(12,4-5-11)8-6-7-2-3-9(8)13-7/h7-9,12H,2-6,11H2,1H3. The van der Waals surface area contributed by atoms with Gasteiger partial charge in [-0.2, -0.15) is 0 Å². The number of hydrogen-bond donors (Lipinski definition) is 2. The molecule has 0 aromatic carbocycles. The summed E-state index contributed by atoms with van der Waals surface area (Å²) in [6.07, 6.45) is 4.73. The van der Waals surface area contributed by atoms with Crippen LogP contribution in [0, 0.1) is 5.92 Å². The molecule has 2 fully saturated rings. The summed E-state index contributed by atoms with van der Waals surface area (Å²) in [5.41, 5.74) is 4.86. The summed E-state index contributed by atoms with van der Waals surface area (Å²) in [5, 5.41) is 10.2. The molecule has 2 aliphatic heterocycles. The van der Waals surface area contributed by atoms with E-state index in [1.165, 1.54) is 6.42 Å². The van der Waals surface area contributed by atoms with Crippen molar-refractivity contribution in [2.75, 3.05) is 6.54 Å². The lowest BCUT2D eigenvalue weighted by Gasteiger charge is -2.33. The molecule has 2 heterocycles. The molecule has 0 radical (unpaired) electrons. The first-order valence-corrected chi connectivity index (χ1v) is 5.21. The van der Waals surface area contributed by atoms with Gasteiger partial charge in [0.2, 0.25) is 0 Å². The summed E-state index contributed by atoms with van der Waals surface area (Å²) in [5.74, 6) is 0.315. The third-order valence-corrected chi connectivity index (χ3v) is 3.56. The average Bonchev–Trinajstić information content (AvgIpc) is 2.63. The van der Waals surface area contributed by atoms with Crippen molar-refractivity contribution < 1.29 is 9.84 Å². The molecule has 0 aromatic heterocycles. The highest BCUT2D eigenvalue weighted by Crippen LogP contribution is 2.44. The largest absolute Gasteiger partial charge is 0.390 e. The Hall–Kier alpha value is -0.120. The Labute approximate surface area is 79.3 Å². The number of ether oxygens (including phenoxy) is 1. The minimum Gasteiger partial charge on any atom is -0.390 e. The van der Waals surface area contributed by atoms with Gasteiger partial charge in [-0.15, -0.1) is 0 Å². The third-order valence-electron chi connectivity index (χ3n) is 3.56. The second kappa shape index (κ2) is 3.23. The minimum absolute atomic E-state index is 0.298. The van der Waals surface area contributed by atoms with E-state index in [-0.39, 0.29) is 0 Å². The van der Waals surface area contributed by atoms with Crippen molar-refractivity contribution in [3.05, 3.63) is 0 Å². The predicted molar refractivity (Wildman–Crippen MR) is 50.3 cm³/mol. The Kier molecular flexibility index (Phi) is 2.34. The number of aliphatic hydroxyl groups is 1. The first kappa shape index (κ1) is 9.44. The smallest absolute Gasteiger partial charge is 0.0685 e. The fourth-order valence-electron chi connectivity index (χ4n) is 2.77. The van der Waals surface area contributed by atoms with E-state index in [0.29, 0.717) is 31.1 Å². The van der Waals surface area contributed by atoms with Crippen LogP contribution in [0.3, 0.4) is 0 Å². The lowest BCUT2D eigenvalue weighted by molar-refractivity contribution is -0.0357. The number of fused-ring (bicyclic) bond motifs is 2. The molecule has 2 rings (SSSR count). The second-order valence-corrected chi connectivity index (χ2v) is 4.61. The van der Waals surface area contributed by atoms with Gasteiger partial charge in [0.15, 0.2) is 0 Å². The van der Waals surface area contributed by atoms with Gasteiger partial charge in [0.1, 0.15) is 0 Å². The summed E-state index contributed by atoms with van der Waals surface area (Å²) >= 11 is 0. The third kappa shape index (κ3) is 1.60. The van der Waals surface area contributed by atoms with Gasteiger partial charge >= 0.3 is 0 Å². The van der Waals surface area contributed by atoms with E-state index in [1.807, 2.05) is 6.92 Å². The van der Waals surface area contributed by atoms with Gasteiger partial charge in [-0.25, -0.2) is 0 Å². The maximum atomic E-state index is 10.2. The Balaban J connectivity index is 2.01. The van der Waals surface area contributed by atoms with Gasteiger partial charge < -0.3 is 15.6 Å². The molecule has 0 spiro atoms. The summed E-state index contributed by atoms with van der Waals surface area (Å²) in [4.78, 5) is 0. The second-order valence-electron chi connectivity index (χ2n) is 4.61. The maximum Gasteiger partial charge on any atom is 0.0685 e. The molecular formula is C10H19NO2. The van der Waals surface area contributed by atoms with Crippen LogP contribution in [0.2, 0.25) is 0 Å². The highest BCUT2D eigenvalue weighted by molar-refractivity contribution is 4.98. The van der Waals surface area contributed by atoms with Crippen LogP contribution in [0.5, 0.6) is 0 Å². The van der Waals surface area contributed by atoms with E-state index in [0.717, 1.165) is 12.8 Å². The van der Waals surface area contributed by atoms with Crippen molar-refractivity contribution in [1.82, 2.24) is 0 Å². The molecule has 3 nitrogen and oxygen atoms in total. The Bertz CT molecular complexity index is 193. The lowest BCUT2D eigenvalue weighted by atomic mass is 9.76. The van der Waals surface area contributed by atoms with Gasteiger partial charge in [0.05, 0.1) is 17.8 Å². The molecule has 13 heavy (non-hydrogen) atoms. The zero-order valence-electron chi connectivity index (χ0n) is 8.20. The van der Waals surface area contributed by atoms with Crippen LogP contribution in [-0.4, -0.2) is 29.5 Å². The lowest BCUT2D eigenvalue weighted by Crippen LogP contribution is -2.41. The van der Waals surface area contributed by atoms with Crippen molar-refractivity contribution in [1.29, 1.82) is 0 Å². The van der Waals surface area contributed by atoms with Crippen molar-refractivity contribution in [2.45, 2.75) is 50.4 Å². The molecular weight excluding hydrogens is 166 g/mol. The van der Waals surface area contributed by atoms with E-state index in [4.69, 9.17) is 10.5 Å². The van der Waals surface area contributed by atoms with Gasteiger partial charge in [0.25, 0.3) is 0 Å². The summed E-state index contributed by atoms with van der Waals surface area (Å²) in [7, 11) is 0. The monoisotopic (exact) mass is 185 g/mol. The highest BCUT2D eigenvalue weighted by Gasteiger charge is 2.48. The molecule has 2 bridgehead atoms. The molecule has 3 heteroatoms. The average molecular weight is 185 g/mol. The van der Waals surface area contributed by atoms with Crippen molar-refractivity contribution in [3.63, 3.8) is 0 Å². The topological polar surface area (TPSA) is 55.5 Å². The number of nitrogens with two attached hydrogens (primary N) is 1. The summed E-state index contributed by atoms with van der Waals surface area (Å²) < 4.78 is 5.72. The van der Waals surface area contributed by atoms with Crippen molar-refractivity contribution >= 4 is 0 Å². The Morgan fingerprint density at radius 2 is 2.31 bits per heavy atom. The molecule has 0 aromatic rings. The predicted octanol–water partition coefficient (Wildman–Crippen LogP) is 0.654. The molecule has 4 atom stereocenters. The van der Waals surface area contributed by atoms with Gasteiger partial charge in [-0.05, 0) is 39.2 Å². The molecule has 2 aliphatic rings. The van der Waals surface area contributed by atoms with E-state index in [2.05, 4.69) is 0 Å². The Morgan fingerprint density at radius 3 is 2.77 bits per heavy atom. The fourth-order valence-corrected chi connectivity index (χ4v) is 2.77. The van der Waals surface area contributed by atoms with Crippen LogP contribution in [0.1, 0.15) is 32.6 Å². The SMILES string of the molecule is CC(O)(CCN)C1CC2CCC1O2. The quantitative estimate of drug-likeness (QED) is 0.679. The molecule has 0 aliphatic carbocycles. The van der Waals surface area contributed by atoms with E-state index in [9.17, 15) is 5.11 Å². The summed E-state index contributed by atoms with van der Waals surface area (Å²) in [6.45, 7) is 2.45. The van der Waals surface area contributed by atoms with E-state index >= 15 is 0 Å². The van der Waals surface area contributed by atoms with Gasteiger partial charge in [-0.1, -0.05) is 0 Å². The van der Waals surface area contributed by atoms with Crippen LogP contribution >= 0.6 is 0 Å². The number of rotatable bonds is 3. The van der Waals surface area contributed by atoms with Crippen LogP contribution < -0.4 is 5.73 Å². The van der Waals surface area contributed by atoms with Crippen LogP contribution in [0.15, 0.2) is 0 Å². The normalized spacial score (nSPS) is 42.2.